The lowest BCUT2D eigenvalue weighted by atomic mass is 10.1. The van der Waals surface area contributed by atoms with Crippen molar-refractivity contribution in [3.05, 3.63) is 52.5 Å². The second-order valence-corrected chi connectivity index (χ2v) is 7.25. The average molecular weight is 388 g/mol. The smallest absolute Gasteiger partial charge is 0.251 e. The molecule has 2 aromatic carbocycles. The third-order valence-electron chi connectivity index (χ3n) is 4.44. The van der Waals surface area contributed by atoms with Crippen molar-refractivity contribution in [2.45, 2.75) is 37.9 Å². The fourth-order valence-electron chi connectivity index (χ4n) is 3.33. The maximum atomic E-state index is 12.2. The topological polar surface area (TPSA) is 47.6 Å². The van der Waals surface area contributed by atoms with E-state index in [2.05, 4.69) is 21.2 Å². The molecule has 0 aromatic heterocycles. The van der Waals surface area contributed by atoms with Gasteiger partial charge in [0.2, 0.25) is 5.91 Å². The Morgan fingerprint density at radius 1 is 1.08 bits per heavy atom. The zero-order valence-electron chi connectivity index (χ0n) is 13.2. The van der Waals surface area contributed by atoms with Crippen LogP contribution >= 0.6 is 15.9 Å². The van der Waals surface area contributed by atoms with Crippen molar-refractivity contribution in [1.29, 1.82) is 0 Å². The van der Waals surface area contributed by atoms with E-state index in [-0.39, 0.29) is 5.91 Å². The second kappa shape index (κ2) is 6.13. The molecule has 1 amide bonds. The minimum atomic E-state index is -0.471. The Kier molecular flexibility index (Phi) is 3.96. The number of hydrogen-bond acceptors (Lipinski definition) is 3. The summed E-state index contributed by atoms with van der Waals surface area (Å²) in [7, 11) is 0. The molecule has 1 saturated carbocycles. The highest BCUT2D eigenvalue weighted by Gasteiger charge is 2.44. The number of halogens is 1. The summed E-state index contributed by atoms with van der Waals surface area (Å²) in [5, 5.41) is 2.93. The molecule has 0 saturated heterocycles. The van der Waals surface area contributed by atoms with Gasteiger partial charge in [-0.1, -0.05) is 28.1 Å². The van der Waals surface area contributed by atoms with E-state index in [0.717, 1.165) is 52.9 Å². The number of benzene rings is 2. The van der Waals surface area contributed by atoms with Crippen LogP contribution in [0.25, 0.3) is 0 Å². The van der Waals surface area contributed by atoms with Gasteiger partial charge in [-0.2, -0.15) is 0 Å². The number of rotatable bonds is 3. The Hall–Kier alpha value is -2.01. The maximum absolute atomic E-state index is 12.2. The Morgan fingerprint density at radius 2 is 1.88 bits per heavy atom. The summed E-state index contributed by atoms with van der Waals surface area (Å²) in [6.45, 7) is 0. The second-order valence-electron chi connectivity index (χ2n) is 6.34. The van der Waals surface area contributed by atoms with E-state index in [1.54, 1.807) is 0 Å². The zero-order chi connectivity index (χ0) is 16.6. The molecule has 4 nitrogen and oxygen atoms in total. The van der Waals surface area contributed by atoms with Crippen LogP contribution in [0, 0.1) is 0 Å². The van der Waals surface area contributed by atoms with Crippen molar-refractivity contribution in [2.24, 2.45) is 0 Å². The molecule has 2 aromatic rings. The summed E-state index contributed by atoms with van der Waals surface area (Å²) >= 11 is 3.42. The first-order chi connectivity index (χ1) is 11.6. The van der Waals surface area contributed by atoms with Gasteiger partial charge >= 0.3 is 0 Å². The van der Waals surface area contributed by atoms with Crippen LogP contribution in [0.2, 0.25) is 0 Å². The van der Waals surface area contributed by atoms with Gasteiger partial charge in [-0.05, 0) is 42.7 Å². The summed E-state index contributed by atoms with van der Waals surface area (Å²) in [6.07, 6.45) is 4.44. The van der Waals surface area contributed by atoms with E-state index in [1.807, 2.05) is 42.5 Å². The summed E-state index contributed by atoms with van der Waals surface area (Å²) < 4.78 is 13.0. The first-order valence-corrected chi connectivity index (χ1v) is 8.98. The number of nitrogens with one attached hydrogen (secondary N) is 1. The van der Waals surface area contributed by atoms with Crippen molar-refractivity contribution in [2.75, 3.05) is 5.32 Å². The van der Waals surface area contributed by atoms with E-state index < -0.39 is 5.79 Å². The van der Waals surface area contributed by atoms with Gasteiger partial charge in [-0.3, -0.25) is 4.79 Å². The molecule has 0 atom stereocenters. The van der Waals surface area contributed by atoms with Gasteiger partial charge in [0.25, 0.3) is 5.79 Å². The van der Waals surface area contributed by atoms with Crippen LogP contribution in [-0.2, 0) is 11.2 Å². The van der Waals surface area contributed by atoms with Gasteiger partial charge in [0.1, 0.15) is 0 Å². The quantitative estimate of drug-likeness (QED) is 0.831. The lowest BCUT2D eigenvalue weighted by Gasteiger charge is -2.21. The first-order valence-electron chi connectivity index (χ1n) is 8.18. The minimum Gasteiger partial charge on any atom is -0.448 e. The Bertz CT molecular complexity index is 784. The lowest BCUT2D eigenvalue weighted by Crippen LogP contribution is -2.34. The molecule has 1 spiro atoms. The van der Waals surface area contributed by atoms with Crippen molar-refractivity contribution in [3.8, 4) is 11.5 Å². The van der Waals surface area contributed by atoms with E-state index >= 15 is 0 Å². The van der Waals surface area contributed by atoms with Crippen LogP contribution in [0.1, 0.15) is 31.2 Å². The van der Waals surface area contributed by atoms with Crippen LogP contribution in [0.3, 0.4) is 0 Å². The highest BCUT2D eigenvalue weighted by molar-refractivity contribution is 9.10. The van der Waals surface area contributed by atoms with E-state index in [9.17, 15) is 4.79 Å². The largest absolute Gasteiger partial charge is 0.448 e. The maximum Gasteiger partial charge on any atom is 0.251 e. The van der Waals surface area contributed by atoms with Crippen molar-refractivity contribution in [1.82, 2.24) is 0 Å². The van der Waals surface area contributed by atoms with Gasteiger partial charge < -0.3 is 14.8 Å². The molecule has 4 rings (SSSR count). The van der Waals surface area contributed by atoms with Gasteiger partial charge in [-0.25, -0.2) is 0 Å². The Morgan fingerprint density at radius 3 is 2.67 bits per heavy atom. The van der Waals surface area contributed by atoms with E-state index in [4.69, 9.17) is 9.47 Å². The van der Waals surface area contributed by atoms with Gasteiger partial charge in [0, 0.05) is 29.1 Å². The highest BCUT2D eigenvalue weighted by atomic mass is 79.9. The predicted octanol–water partition coefficient (Wildman–Crippen LogP) is 4.67. The van der Waals surface area contributed by atoms with E-state index in [0.29, 0.717) is 6.42 Å². The van der Waals surface area contributed by atoms with Crippen LogP contribution in [0.5, 0.6) is 11.5 Å². The standard InChI is InChI=1S/C19H18BrNO3/c20-14-5-3-4-13(10-14)11-18(22)21-15-6-7-16-17(12-15)24-19(23-16)8-1-2-9-19/h3-7,10,12H,1-2,8-9,11H2,(H,21,22). The fraction of sp³-hybridized carbons (Fsp3) is 0.316. The van der Waals surface area contributed by atoms with Gasteiger partial charge in [0.15, 0.2) is 11.5 Å². The Labute approximate surface area is 149 Å². The molecule has 5 heteroatoms. The van der Waals surface area contributed by atoms with Crippen molar-refractivity contribution < 1.29 is 14.3 Å². The van der Waals surface area contributed by atoms with Gasteiger partial charge in [0.05, 0.1) is 6.42 Å². The molecule has 1 aliphatic carbocycles. The SMILES string of the molecule is O=C(Cc1cccc(Br)c1)Nc1ccc2c(c1)OC1(CCCC1)O2. The third-order valence-corrected chi connectivity index (χ3v) is 4.93. The molecule has 0 unspecified atom stereocenters. The van der Waals surface area contributed by atoms with Crippen molar-refractivity contribution >= 4 is 27.5 Å². The van der Waals surface area contributed by atoms with Crippen LogP contribution < -0.4 is 14.8 Å². The third kappa shape index (κ3) is 3.13. The molecule has 1 aliphatic heterocycles. The predicted molar refractivity (Wildman–Crippen MR) is 95.4 cm³/mol. The number of fused-ring (bicyclic) bond motifs is 1. The normalized spacial score (nSPS) is 17.2. The number of amides is 1. The van der Waals surface area contributed by atoms with Crippen LogP contribution in [0.4, 0.5) is 5.69 Å². The molecule has 2 aliphatic rings. The number of carbonyl (C=O) groups excluding carboxylic acids is 1. The lowest BCUT2D eigenvalue weighted by molar-refractivity contribution is -0.115. The molecule has 0 bridgehead atoms. The summed E-state index contributed by atoms with van der Waals surface area (Å²) in [5.74, 6) is 0.961. The number of anilines is 1. The van der Waals surface area contributed by atoms with E-state index in [1.165, 1.54) is 0 Å². The molecule has 1 N–H and O–H groups in total. The Balaban J connectivity index is 1.44. The molecule has 124 valence electrons. The highest BCUT2D eigenvalue weighted by Crippen LogP contribution is 2.47. The van der Waals surface area contributed by atoms with Crippen LogP contribution in [0.15, 0.2) is 46.9 Å². The number of ether oxygens (including phenoxy) is 2. The summed E-state index contributed by atoms with van der Waals surface area (Å²) in [6, 6.07) is 13.3. The summed E-state index contributed by atoms with van der Waals surface area (Å²) in [5.41, 5.74) is 1.69. The number of carbonyl (C=O) groups is 1. The van der Waals surface area contributed by atoms with Crippen LogP contribution in [-0.4, -0.2) is 11.7 Å². The molecule has 1 fully saturated rings. The average Bonchev–Trinajstić information content (AvgIpc) is 3.13. The van der Waals surface area contributed by atoms with Gasteiger partial charge in [-0.15, -0.1) is 0 Å². The minimum absolute atomic E-state index is 0.0532. The fourth-order valence-corrected chi connectivity index (χ4v) is 3.77. The molecular formula is C19H18BrNO3. The molecule has 0 radical (unpaired) electrons. The monoisotopic (exact) mass is 387 g/mol. The first kappa shape index (κ1) is 15.5. The molecule has 24 heavy (non-hydrogen) atoms. The number of hydrogen-bond donors (Lipinski definition) is 1. The summed E-state index contributed by atoms with van der Waals surface area (Å²) in [4.78, 5) is 12.2. The zero-order valence-corrected chi connectivity index (χ0v) is 14.8. The van der Waals surface area contributed by atoms with Crippen molar-refractivity contribution in [3.63, 3.8) is 0 Å². The molecule has 1 heterocycles. The molecular weight excluding hydrogens is 370 g/mol.